The number of rotatable bonds is 3. The molecule has 3 rings (SSSR count). The third-order valence-electron chi connectivity index (χ3n) is 3.11. The molecule has 2 aromatic rings. The fourth-order valence-electron chi connectivity index (χ4n) is 2.18. The standard InChI is InChI=1S/C12H16N6/c1-2-13-11-7-10(3-4-14-11)17-5-6-18-9-15-16-12(18)8-17/h3-4,7,9H,2,5-6,8H2,1H3,(H,13,14). The highest BCUT2D eigenvalue weighted by molar-refractivity contribution is 5.54. The largest absolute Gasteiger partial charge is 0.370 e. The zero-order valence-corrected chi connectivity index (χ0v) is 10.4. The number of fused-ring (bicyclic) bond motifs is 1. The minimum atomic E-state index is 0.801. The fourth-order valence-corrected chi connectivity index (χ4v) is 2.18. The maximum Gasteiger partial charge on any atom is 0.152 e. The molecule has 0 unspecified atom stereocenters. The van der Waals surface area contributed by atoms with E-state index in [4.69, 9.17) is 0 Å². The van der Waals surface area contributed by atoms with Crippen LogP contribution in [-0.2, 0) is 13.1 Å². The summed E-state index contributed by atoms with van der Waals surface area (Å²) < 4.78 is 2.10. The van der Waals surface area contributed by atoms with E-state index >= 15 is 0 Å². The quantitative estimate of drug-likeness (QED) is 0.877. The smallest absolute Gasteiger partial charge is 0.152 e. The molecule has 0 atom stereocenters. The first-order chi connectivity index (χ1) is 8.86. The molecule has 18 heavy (non-hydrogen) atoms. The van der Waals surface area contributed by atoms with E-state index in [9.17, 15) is 0 Å². The van der Waals surface area contributed by atoms with Crippen LogP contribution in [0.1, 0.15) is 12.7 Å². The summed E-state index contributed by atoms with van der Waals surface area (Å²) in [6.45, 7) is 5.65. The van der Waals surface area contributed by atoms with Gasteiger partial charge in [-0.15, -0.1) is 10.2 Å². The Morgan fingerprint density at radius 1 is 1.39 bits per heavy atom. The Labute approximate surface area is 106 Å². The fraction of sp³-hybridized carbons (Fsp3) is 0.417. The number of hydrogen-bond acceptors (Lipinski definition) is 5. The van der Waals surface area contributed by atoms with Gasteiger partial charge in [0, 0.05) is 37.6 Å². The highest BCUT2D eigenvalue weighted by atomic mass is 15.3. The number of hydrogen-bond donors (Lipinski definition) is 1. The molecular weight excluding hydrogens is 228 g/mol. The van der Waals surface area contributed by atoms with E-state index in [-0.39, 0.29) is 0 Å². The van der Waals surface area contributed by atoms with Crippen molar-refractivity contribution in [1.29, 1.82) is 0 Å². The van der Waals surface area contributed by atoms with E-state index in [1.807, 2.05) is 12.3 Å². The van der Waals surface area contributed by atoms with Gasteiger partial charge in [-0.1, -0.05) is 0 Å². The van der Waals surface area contributed by atoms with E-state index in [2.05, 4.69) is 43.0 Å². The van der Waals surface area contributed by atoms with Crippen molar-refractivity contribution in [2.24, 2.45) is 0 Å². The van der Waals surface area contributed by atoms with E-state index in [1.54, 1.807) is 6.33 Å². The Balaban J connectivity index is 1.81. The average molecular weight is 244 g/mol. The number of pyridine rings is 1. The van der Waals surface area contributed by atoms with Gasteiger partial charge in [-0.2, -0.15) is 0 Å². The molecule has 6 heteroatoms. The molecule has 0 spiro atoms. The number of anilines is 2. The van der Waals surface area contributed by atoms with Crippen molar-refractivity contribution in [2.45, 2.75) is 20.0 Å². The zero-order chi connectivity index (χ0) is 12.4. The van der Waals surface area contributed by atoms with Gasteiger partial charge in [0.05, 0.1) is 6.54 Å². The monoisotopic (exact) mass is 244 g/mol. The summed E-state index contributed by atoms with van der Waals surface area (Å²) in [6.07, 6.45) is 3.63. The van der Waals surface area contributed by atoms with Gasteiger partial charge < -0.3 is 14.8 Å². The molecule has 0 aromatic carbocycles. The van der Waals surface area contributed by atoms with E-state index in [1.165, 1.54) is 5.69 Å². The summed E-state index contributed by atoms with van der Waals surface area (Å²) in [5.41, 5.74) is 1.18. The third kappa shape index (κ3) is 2.01. The van der Waals surface area contributed by atoms with E-state index in [0.717, 1.165) is 37.8 Å². The van der Waals surface area contributed by atoms with Gasteiger partial charge in [0.15, 0.2) is 5.82 Å². The summed E-state index contributed by atoms with van der Waals surface area (Å²) >= 11 is 0. The molecule has 94 valence electrons. The van der Waals surface area contributed by atoms with Crippen LogP contribution < -0.4 is 10.2 Å². The molecule has 1 aliphatic rings. The van der Waals surface area contributed by atoms with Gasteiger partial charge in [-0.25, -0.2) is 4.98 Å². The van der Waals surface area contributed by atoms with Crippen LogP contribution in [0.5, 0.6) is 0 Å². The Morgan fingerprint density at radius 2 is 2.33 bits per heavy atom. The van der Waals surface area contributed by atoms with Gasteiger partial charge in [0.1, 0.15) is 12.1 Å². The molecule has 0 saturated heterocycles. The molecule has 6 nitrogen and oxygen atoms in total. The predicted molar refractivity (Wildman–Crippen MR) is 69.5 cm³/mol. The number of nitrogens with zero attached hydrogens (tertiary/aromatic N) is 5. The lowest BCUT2D eigenvalue weighted by molar-refractivity contribution is 0.560. The molecule has 0 aliphatic carbocycles. The molecule has 0 fully saturated rings. The van der Waals surface area contributed by atoms with Crippen LogP contribution in [0, 0.1) is 0 Å². The van der Waals surface area contributed by atoms with E-state index in [0.29, 0.717) is 0 Å². The van der Waals surface area contributed by atoms with Gasteiger partial charge >= 0.3 is 0 Å². The van der Waals surface area contributed by atoms with Crippen LogP contribution in [0.15, 0.2) is 24.7 Å². The Hall–Kier alpha value is -2.11. The molecule has 1 N–H and O–H groups in total. The Kier molecular flexibility index (Phi) is 2.84. The van der Waals surface area contributed by atoms with Gasteiger partial charge in [-0.3, -0.25) is 0 Å². The Morgan fingerprint density at radius 3 is 3.22 bits per heavy atom. The summed E-state index contributed by atoms with van der Waals surface area (Å²) in [5, 5.41) is 11.3. The first kappa shape index (κ1) is 11.0. The van der Waals surface area contributed by atoms with Crippen LogP contribution in [0.3, 0.4) is 0 Å². The molecule has 0 bridgehead atoms. The average Bonchev–Trinajstić information content (AvgIpc) is 2.86. The third-order valence-corrected chi connectivity index (χ3v) is 3.11. The highest BCUT2D eigenvalue weighted by Crippen LogP contribution is 2.21. The van der Waals surface area contributed by atoms with Crippen LogP contribution in [-0.4, -0.2) is 32.8 Å². The summed E-state index contributed by atoms with van der Waals surface area (Å²) in [4.78, 5) is 6.59. The maximum atomic E-state index is 4.29. The first-order valence-electron chi connectivity index (χ1n) is 6.18. The summed E-state index contributed by atoms with van der Waals surface area (Å²) in [6, 6.07) is 4.11. The van der Waals surface area contributed by atoms with Crippen molar-refractivity contribution < 1.29 is 0 Å². The lowest BCUT2D eigenvalue weighted by atomic mass is 10.3. The Bertz CT molecular complexity index is 535. The van der Waals surface area contributed by atoms with Crippen LogP contribution in [0.25, 0.3) is 0 Å². The molecule has 0 saturated carbocycles. The summed E-state index contributed by atoms with van der Waals surface area (Å²) in [5.74, 6) is 1.94. The highest BCUT2D eigenvalue weighted by Gasteiger charge is 2.17. The van der Waals surface area contributed by atoms with Crippen LogP contribution in [0.4, 0.5) is 11.5 Å². The first-order valence-corrected chi connectivity index (χ1v) is 6.18. The molecule has 0 amide bonds. The van der Waals surface area contributed by atoms with Crippen molar-refractivity contribution in [3.63, 3.8) is 0 Å². The SMILES string of the molecule is CCNc1cc(N2CCn3cnnc3C2)ccn1. The molecular formula is C12H16N6. The van der Waals surface area contributed by atoms with Crippen LogP contribution in [0.2, 0.25) is 0 Å². The minimum absolute atomic E-state index is 0.801. The van der Waals surface area contributed by atoms with Gasteiger partial charge in [-0.05, 0) is 13.0 Å². The molecule has 3 heterocycles. The second kappa shape index (κ2) is 4.64. The molecule has 0 radical (unpaired) electrons. The lowest BCUT2D eigenvalue weighted by Crippen LogP contribution is -2.33. The molecule has 1 aliphatic heterocycles. The second-order valence-electron chi connectivity index (χ2n) is 4.29. The lowest BCUT2D eigenvalue weighted by Gasteiger charge is -2.29. The maximum absolute atomic E-state index is 4.29. The topological polar surface area (TPSA) is 58.9 Å². The van der Waals surface area contributed by atoms with Crippen molar-refractivity contribution in [3.8, 4) is 0 Å². The molecule has 2 aromatic heterocycles. The minimum Gasteiger partial charge on any atom is -0.370 e. The van der Waals surface area contributed by atoms with Crippen molar-refractivity contribution >= 4 is 11.5 Å². The number of nitrogens with one attached hydrogen (secondary N) is 1. The second-order valence-corrected chi connectivity index (χ2v) is 4.29. The normalized spacial score (nSPS) is 14.4. The van der Waals surface area contributed by atoms with Crippen molar-refractivity contribution in [3.05, 3.63) is 30.5 Å². The van der Waals surface area contributed by atoms with E-state index < -0.39 is 0 Å². The van der Waals surface area contributed by atoms with Gasteiger partial charge in [0.25, 0.3) is 0 Å². The van der Waals surface area contributed by atoms with Gasteiger partial charge in [0.2, 0.25) is 0 Å². The van der Waals surface area contributed by atoms with Crippen molar-refractivity contribution in [1.82, 2.24) is 19.7 Å². The van der Waals surface area contributed by atoms with Crippen LogP contribution >= 0.6 is 0 Å². The summed E-state index contributed by atoms with van der Waals surface area (Å²) in [7, 11) is 0. The number of aromatic nitrogens is 4. The predicted octanol–water partition coefficient (Wildman–Crippen LogP) is 1.13. The van der Waals surface area contributed by atoms with Crippen molar-refractivity contribution in [2.75, 3.05) is 23.3 Å². The zero-order valence-electron chi connectivity index (χ0n) is 10.4.